The Bertz CT molecular complexity index is 468. The number of hydrogen-bond donors (Lipinski definition) is 1. The van der Waals surface area contributed by atoms with E-state index in [1.807, 2.05) is 7.05 Å². The van der Waals surface area contributed by atoms with Crippen molar-refractivity contribution in [3.8, 4) is 0 Å². The topological polar surface area (TPSA) is 12.0 Å². The summed E-state index contributed by atoms with van der Waals surface area (Å²) in [7, 11) is 1.93. The van der Waals surface area contributed by atoms with Crippen molar-refractivity contribution < 1.29 is 8.78 Å². The highest BCUT2D eigenvalue weighted by Crippen LogP contribution is 2.22. The Morgan fingerprint density at radius 3 is 2.65 bits per heavy atom. The second-order valence-corrected chi connectivity index (χ2v) is 5.53. The Labute approximate surface area is 120 Å². The van der Waals surface area contributed by atoms with Gasteiger partial charge in [-0.05, 0) is 56.8 Å². The summed E-state index contributed by atoms with van der Waals surface area (Å²) in [6.07, 6.45) is 10.4. The van der Waals surface area contributed by atoms with Crippen LogP contribution in [0, 0.1) is 11.6 Å². The second-order valence-electron chi connectivity index (χ2n) is 5.53. The molecule has 0 fully saturated rings. The summed E-state index contributed by atoms with van der Waals surface area (Å²) < 4.78 is 26.3. The van der Waals surface area contributed by atoms with E-state index in [-0.39, 0.29) is 6.04 Å². The van der Waals surface area contributed by atoms with Gasteiger partial charge in [-0.3, -0.25) is 0 Å². The van der Waals surface area contributed by atoms with E-state index >= 15 is 0 Å². The summed E-state index contributed by atoms with van der Waals surface area (Å²) in [5.41, 5.74) is 2.25. The SMILES string of the molecule is CNC(Cc1ccc(F)c(F)c1)/C1=C/CCCCCC1. The van der Waals surface area contributed by atoms with E-state index in [1.54, 1.807) is 6.07 Å². The van der Waals surface area contributed by atoms with Gasteiger partial charge >= 0.3 is 0 Å². The van der Waals surface area contributed by atoms with Crippen LogP contribution < -0.4 is 5.32 Å². The van der Waals surface area contributed by atoms with E-state index in [9.17, 15) is 8.78 Å². The first-order valence-corrected chi connectivity index (χ1v) is 7.51. The molecule has 0 aromatic heterocycles. The summed E-state index contributed by atoms with van der Waals surface area (Å²) in [6, 6.07) is 4.41. The lowest BCUT2D eigenvalue weighted by molar-refractivity contribution is 0.504. The third-order valence-corrected chi connectivity index (χ3v) is 4.05. The lowest BCUT2D eigenvalue weighted by Gasteiger charge is -2.22. The molecule has 0 amide bonds. The zero-order valence-electron chi connectivity index (χ0n) is 12.1. The van der Waals surface area contributed by atoms with Crippen LogP contribution >= 0.6 is 0 Å². The molecule has 1 unspecified atom stereocenters. The average molecular weight is 279 g/mol. The normalized spacial score (nSPS) is 20.6. The van der Waals surface area contributed by atoms with Crippen molar-refractivity contribution in [2.75, 3.05) is 7.05 Å². The Morgan fingerprint density at radius 1 is 1.10 bits per heavy atom. The highest BCUT2D eigenvalue weighted by Gasteiger charge is 2.15. The maximum Gasteiger partial charge on any atom is 0.159 e. The quantitative estimate of drug-likeness (QED) is 0.807. The summed E-state index contributed by atoms with van der Waals surface area (Å²) in [5, 5.41) is 3.32. The van der Waals surface area contributed by atoms with Crippen molar-refractivity contribution >= 4 is 0 Å². The lowest BCUT2D eigenvalue weighted by Crippen LogP contribution is -2.30. The molecule has 0 spiro atoms. The minimum atomic E-state index is -0.778. The van der Waals surface area contributed by atoms with Crippen LogP contribution in [0.25, 0.3) is 0 Å². The molecule has 1 aliphatic rings. The minimum Gasteiger partial charge on any atom is -0.313 e. The fourth-order valence-electron chi connectivity index (χ4n) is 2.85. The Hall–Kier alpha value is -1.22. The van der Waals surface area contributed by atoms with Gasteiger partial charge < -0.3 is 5.32 Å². The molecule has 1 aromatic rings. The molecule has 20 heavy (non-hydrogen) atoms. The summed E-state index contributed by atoms with van der Waals surface area (Å²) >= 11 is 0. The van der Waals surface area contributed by atoms with Crippen molar-refractivity contribution in [1.29, 1.82) is 0 Å². The van der Waals surface area contributed by atoms with Gasteiger partial charge in [0, 0.05) is 6.04 Å². The van der Waals surface area contributed by atoms with Gasteiger partial charge in [-0.25, -0.2) is 8.78 Å². The fourth-order valence-corrected chi connectivity index (χ4v) is 2.85. The van der Waals surface area contributed by atoms with Crippen LogP contribution in [0.3, 0.4) is 0 Å². The lowest BCUT2D eigenvalue weighted by atomic mass is 9.91. The second kappa shape index (κ2) is 7.53. The molecular weight excluding hydrogens is 256 g/mol. The molecule has 0 heterocycles. The van der Waals surface area contributed by atoms with Gasteiger partial charge in [-0.1, -0.05) is 30.6 Å². The van der Waals surface area contributed by atoms with Gasteiger partial charge in [0.15, 0.2) is 11.6 Å². The highest BCUT2D eigenvalue weighted by molar-refractivity contribution is 5.23. The molecule has 110 valence electrons. The predicted octanol–water partition coefficient (Wildman–Crippen LogP) is 4.38. The van der Waals surface area contributed by atoms with E-state index in [1.165, 1.54) is 43.4 Å². The van der Waals surface area contributed by atoms with Crippen molar-refractivity contribution in [2.24, 2.45) is 0 Å². The van der Waals surface area contributed by atoms with Crippen molar-refractivity contribution in [1.82, 2.24) is 5.32 Å². The number of benzene rings is 1. The van der Waals surface area contributed by atoms with E-state index in [4.69, 9.17) is 0 Å². The number of halogens is 2. The Kier molecular flexibility index (Phi) is 5.72. The van der Waals surface area contributed by atoms with Crippen LogP contribution in [0.5, 0.6) is 0 Å². The highest BCUT2D eigenvalue weighted by atomic mass is 19.2. The average Bonchev–Trinajstić information content (AvgIpc) is 2.40. The zero-order chi connectivity index (χ0) is 14.4. The van der Waals surface area contributed by atoms with Gasteiger partial charge in [0.1, 0.15) is 0 Å². The van der Waals surface area contributed by atoms with E-state index in [0.29, 0.717) is 6.42 Å². The molecule has 1 aliphatic carbocycles. The zero-order valence-corrected chi connectivity index (χ0v) is 12.1. The molecule has 1 nitrogen and oxygen atoms in total. The van der Waals surface area contributed by atoms with Crippen LogP contribution in [0.2, 0.25) is 0 Å². The maximum absolute atomic E-state index is 13.3. The van der Waals surface area contributed by atoms with Crippen LogP contribution in [-0.2, 0) is 6.42 Å². The third-order valence-electron chi connectivity index (χ3n) is 4.05. The van der Waals surface area contributed by atoms with Gasteiger partial charge in [0.05, 0.1) is 0 Å². The van der Waals surface area contributed by atoms with Gasteiger partial charge in [-0.15, -0.1) is 0 Å². The van der Waals surface area contributed by atoms with E-state index < -0.39 is 11.6 Å². The predicted molar refractivity (Wildman–Crippen MR) is 78.7 cm³/mol. The first-order valence-electron chi connectivity index (χ1n) is 7.51. The van der Waals surface area contributed by atoms with E-state index in [2.05, 4.69) is 11.4 Å². The molecule has 1 aromatic carbocycles. The van der Waals surface area contributed by atoms with Crippen molar-refractivity contribution in [2.45, 2.75) is 51.0 Å². The molecule has 0 saturated carbocycles. The van der Waals surface area contributed by atoms with Crippen LogP contribution in [0.4, 0.5) is 8.78 Å². The van der Waals surface area contributed by atoms with Gasteiger partial charge in [0.25, 0.3) is 0 Å². The molecule has 0 aliphatic heterocycles. The number of likely N-dealkylation sites (N-methyl/N-ethyl adjacent to an activating group) is 1. The molecule has 0 bridgehead atoms. The standard InChI is InChI=1S/C17H23F2N/c1-20-17(14-7-5-3-2-4-6-8-14)12-13-9-10-15(18)16(19)11-13/h7,9-11,17,20H,2-6,8,12H2,1H3/b14-7+. The summed E-state index contributed by atoms with van der Waals surface area (Å²) in [4.78, 5) is 0. The molecule has 1 atom stereocenters. The van der Waals surface area contributed by atoms with Gasteiger partial charge in [0.2, 0.25) is 0 Å². The van der Waals surface area contributed by atoms with Crippen molar-refractivity contribution in [3.05, 3.63) is 47.0 Å². The van der Waals surface area contributed by atoms with Crippen LogP contribution in [-0.4, -0.2) is 13.1 Å². The summed E-state index contributed by atoms with van der Waals surface area (Å²) in [5.74, 6) is -1.54. The maximum atomic E-state index is 13.3. The largest absolute Gasteiger partial charge is 0.313 e. The monoisotopic (exact) mass is 279 g/mol. The molecular formula is C17H23F2N. The van der Waals surface area contributed by atoms with Crippen molar-refractivity contribution in [3.63, 3.8) is 0 Å². The number of allylic oxidation sites excluding steroid dienone is 1. The first kappa shape index (κ1) is 15.2. The third kappa shape index (κ3) is 4.14. The number of nitrogens with one attached hydrogen (secondary N) is 1. The molecule has 1 N–H and O–H groups in total. The van der Waals surface area contributed by atoms with Crippen LogP contribution in [0.15, 0.2) is 29.8 Å². The number of hydrogen-bond acceptors (Lipinski definition) is 1. The van der Waals surface area contributed by atoms with E-state index in [0.717, 1.165) is 18.4 Å². The summed E-state index contributed by atoms with van der Waals surface area (Å²) in [6.45, 7) is 0. The number of rotatable bonds is 4. The first-order chi connectivity index (χ1) is 9.70. The molecule has 0 saturated heterocycles. The van der Waals surface area contributed by atoms with Crippen LogP contribution in [0.1, 0.15) is 44.1 Å². The fraction of sp³-hybridized carbons (Fsp3) is 0.529. The Morgan fingerprint density at radius 2 is 1.90 bits per heavy atom. The molecule has 0 radical (unpaired) electrons. The Balaban J connectivity index is 2.08. The molecule has 2 rings (SSSR count). The van der Waals surface area contributed by atoms with Gasteiger partial charge in [-0.2, -0.15) is 0 Å². The smallest absolute Gasteiger partial charge is 0.159 e. The minimum absolute atomic E-state index is 0.220. The molecule has 3 heteroatoms.